The molecule has 0 aromatic rings. The van der Waals surface area contributed by atoms with E-state index in [0.29, 0.717) is 0 Å². The first-order valence-electron chi connectivity index (χ1n) is 5.50. The van der Waals surface area contributed by atoms with Crippen LogP contribution >= 0.6 is 0 Å². The third-order valence-corrected chi connectivity index (χ3v) is 4.14. The molecule has 0 bridgehead atoms. The molecule has 0 aromatic heterocycles. The van der Waals surface area contributed by atoms with Gasteiger partial charge in [-0.25, -0.2) is 13.1 Å². The molecule has 1 aliphatic carbocycles. The maximum absolute atomic E-state index is 11.9. The van der Waals surface area contributed by atoms with E-state index in [2.05, 4.69) is 4.72 Å². The summed E-state index contributed by atoms with van der Waals surface area (Å²) in [5.41, 5.74) is 5.41. The van der Waals surface area contributed by atoms with Crippen molar-refractivity contribution in [1.82, 2.24) is 4.72 Å². The Bertz CT molecular complexity index is 339. The molecule has 0 aromatic carbocycles. The van der Waals surface area contributed by atoms with Gasteiger partial charge in [-0.15, -0.1) is 0 Å². The highest BCUT2D eigenvalue weighted by Gasteiger charge is 2.33. The molecular weight excluding hydrogens is 257 g/mol. The van der Waals surface area contributed by atoms with Gasteiger partial charge in [-0.05, 0) is 25.2 Å². The second-order valence-electron chi connectivity index (χ2n) is 4.34. The minimum Gasteiger partial charge on any atom is -0.329 e. The maximum Gasteiger partial charge on any atom is 0.389 e. The van der Waals surface area contributed by atoms with Crippen molar-refractivity contribution in [3.63, 3.8) is 0 Å². The van der Waals surface area contributed by atoms with Gasteiger partial charge in [0.2, 0.25) is 10.0 Å². The molecule has 0 amide bonds. The van der Waals surface area contributed by atoms with E-state index in [0.717, 1.165) is 12.8 Å². The molecule has 1 fully saturated rings. The van der Waals surface area contributed by atoms with E-state index in [4.69, 9.17) is 5.73 Å². The van der Waals surface area contributed by atoms with Gasteiger partial charge in [0.1, 0.15) is 0 Å². The fraction of sp³-hybridized carbons (Fsp3) is 1.00. The highest BCUT2D eigenvalue weighted by Crippen LogP contribution is 2.32. The van der Waals surface area contributed by atoms with Gasteiger partial charge in [0.15, 0.2) is 0 Å². The van der Waals surface area contributed by atoms with E-state index < -0.39 is 34.8 Å². The largest absolute Gasteiger partial charge is 0.389 e. The molecule has 4 nitrogen and oxygen atoms in total. The molecule has 1 saturated carbocycles. The predicted octanol–water partition coefficient (Wildman–Crippen LogP) is 0.986. The van der Waals surface area contributed by atoms with Crippen molar-refractivity contribution >= 4 is 10.0 Å². The Balaban J connectivity index is 2.34. The van der Waals surface area contributed by atoms with E-state index in [-0.39, 0.29) is 18.5 Å². The normalized spacial score (nSPS) is 19.3. The summed E-state index contributed by atoms with van der Waals surface area (Å²) in [7, 11) is -3.65. The minimum atomic E-state index is -4.31. The molecule has 0 heterocycles. The van der Waals surface area contributed by atoms with Crippen LogP contribution < -0.4 is 10.5 Å². The van der Waals surface area contributed by atoms with Crippen LogP contribution in [0.3, 0.4) is 0 Å². The third-order valence-electron chi connectivity index (χ3n) is 2.65. The van der Waals surface area contributed by atoms with E-state index >= 15 is 0 Å². The topological polar surface area (TPSA) is 72.2 Å². The lowest BCUT2D eigenvalue weighted by atomic mass is 10.2. The van der Waals surface area contributed by atoms with Crippen molar-refractivity contribution in [2.75, 3.05) is 12.3 Å². The van der Waals surface area contributed by atoms with E-state index in [9.17, 15) is 21.6 Å². The Morgan fingerprint density at radius 1 is 1.35 bits per heavy atom. The average Bonchev–Trinajstić information content (AvgIpc) is 2.94. The quantitative estimate of drug-likeness (QED) is 0.727. The summed E-state index contributed by atoms with van der Waals surface area (Å²) >= 11 is 0. The number of nitrogens with two attached hydrogens (primary N) is 1. The second-order valence-corrected chi connectivity index (χ2v) is 6.21. The zero-order chi connectivity index (χ0) is 13.1. The molecule has 17 heavy (non-hydrogen) atoms. The van der Waals surface area contributed by atoms with Crippen molar-refractivity contribution in [2.24, 2.45) is 11.7 Å². The smallest absolute Gasteiger partial charge is 0.329 e. The summed E-state index contributed by atoms with van der Waals surface area (Å²) in [5, 5.41) is 0. The zero-order valence-corrected chi connectivity index (χ0v) is 10.1. The maximum atomic E-state index is 11.9. The molecule has 1 unspecified atom stereocenters. The average molecular weight is 274 g/mol. The van der Waals surface area contributed by atoms with Gasteiger partial charge in [-0.1, -0.05) is 0 Å². The first-order valence-corrected chi connectivity index (χ1v) is 7.15. The SMILES string of the molecule is NCC(NS(=O)(=O)CCCC(F)(F)F)C1CC1. The second kappa shape index (κ2) is 5.53. The lowest BCUT2D eigenvalue weighted by Gasteiger charge is -2.16. The van der Waals surface area contributed by atoms with Gasteiger partial charge >= 0.3 is 6.18 Å². The molecule has 0 aliphatic heterocycles. The van der Waals surface area contributed by atoms with Crippen LogP contribution in [0.2, 0.25) is 0 Å². The summed E-state index contributed by atoms with van der Waals surface area (Å²) in [4.78, 5) is 0. The van der Waals surface area contributed by atoms with Crippen molar-refractivity contribution in [3.05, 3.63) is 0 Å². The highest BCUT2D eigenvalue weighted by atomic mass is 32.2. The van der Waals surface area contributed by atoms with Gasteiger partial charge in [0.25, 0.3) is 0 Å². The summed E-state index contributed by atoms with van der Waals surface area (Å²) in [6.45, 7) is 0.184. The Hall–Kier alpha value is -0.340. The Kier molecular flexibility index (Phi) is 4.79. The van der Waals surface area contributed by atoms with Gasteiger partial charge in [-0.3, -0.25) is 0 Å². The van der Waals surface area contributed by atoms with Crippen LogP contribution in [0.15, 0.2) is 0 Å². The minimum absolute atomic E-state index is 0.184. The Labute approximate surface area is 98.8 Å². The molecule has 0 spiro atoms. The Morgan fingerprint density at radius 3 is 2.35 bits per heavy atom. The molecule has 1 atom stereocenters. The first-order chi connectivity index (χ1) is 7.73. The van der Waals surface area contributed by atoms with Crippen LogP contribution in [0, 0.1) is 5.92 Å². The molecule has 8 heteroatoms. The molecule has 1 rings (SSSR count). The summed E-state index contributed by atoms with van der Waals surface area (Å²) in [6, 6.07) is -0.328. The molecule has 0 saturated heterocycles. The van der Waals surface area contributed by atoms with Crippen molar-refractivity contribution in [2.45, 2.75) is 37.9 Å². The summed E-state index contributed by atoms with van der Waals surface area (Å²) in [6.07, 6.45) is -3.95. The van der Waals surface area contributed by atoms with Crippen LogP contribution in [-0.4, -0.2) is 32.9 Å². The molecule has 3 N–H and O–H groups in total. The number of rotatable bonds is 7. The molecular formula is C9H17F3N2O2S. The molecule has 0 radical (unpaired) electrons. The van der Waals surface area contributed by atoms with Gasteiger partial charge in [-0.2, -0.15) is 13.2 Å². The van der Waals surface area contributed by atoms with Crippen LogP contribution in [-0.2, 0) is 10.0 Å². The molecule has 1 aliphatic rings. The standard InChI is InChI=1S/C9H17F3N2O2S/c10-9(11,12)4-1-5-17(15,16)14-8(6-13)7-2-3-7/h7-8,14H,1-6,13H2. The lowest BCUT2D eigenvalue weighted by molar-refractivity contribution is -0.134. The summed E-state index contributed by atoms with van der Waals surface area (Å²) in [5.74, 6) is -0.257. The van der Waals surface area contributed by atoms with Crippen molar-refractivity contribution < 1.29 is 21.6 Å². The number of nitrogens with one attached hydrogen (secondary N) is 1. The predicted molar refractivity (Wildman–Crippen MR) is 57.8 cm³/mol. The first kappa shape index (κ1) is 14.7. The van der Waals surface area contributed by atoms with E-state index in [1.807, 2.05) is 0 Å². The highest BCUT2D eigenvalue weighted by molar-refractivity contribution is 7.89. The van der Waals surface area contributed by atoms with E-state index in [1.165, 1.54) is 0 Å². The van der Waals surface area contributed by atoms with Crippen LogP contribution in [0.1, 0.15) is 25.7 Å². The van der Waals surface area contributed by atoms with Crippen molar-refractivity contribution in [3.8, 4) is 0 Å². The fourth-order valence-electron chi connectivity index (χ4n) is 1.59. The zero-order valence-electron chi connectivity index (χ0n) is 9.33. The van der Waals surface area contributed by atoms with Gasteiger partial charge in [0, 0.05) is 19.0 Å². The lowest BCUT2D eigenvalue weighted by Crippen LogP contribution is -2.42. The Morgan fingerprint density at radius 2 is 1.94 bits per heavy atom. The number of alkyl halides is 3. The van der Waals surface area contributed by atoms with Crippen molar-refractivity contribution in [1.29, 1.82) is 0 Å². The van der Waals surface area contributed by atoms with Crippen LogP contribution in [0.5, 0.6) is 0 Å². The monoisotopic (exact) mass is 274 g/mol. The van der Waals surface area contributed by atoms with Gasteiger partial charge < -0.3 is 5.73 Å². The molecule has 102 valence electrons. The van der Waals surface area contributed by atoms with Crippen LogP contribution in [0.25, 0.3) is 0 Å². The van der Waals surface area contributed by atoms with Gasteiger partial charge in [0.05, 0.1) is 5.75 Å². The number of halogens is 3. The number of hydrogen-bond donors (Lipinski definition) is 2. The fourth-order valence-corrected chi connectivity index (χ4v) is 2.98. The van der Waals surface area contributed by atoms with E-state index in [1.54, 1.807) is 0 Å². The summed E-state index contributed by atoms with van der Waals surface area (Å²) < 4.78 is 60.9. The van der Waals surface area contributed by atoms with Crippen LogP contribution in [0.4, 0.5) is 13.2 Å². The third kappa shape index (κ3) is 6.23. The number of hydrogen-bond acceptors (Lipinski definition) is 3. The number of sulfonamides is 1.